The van der Waals surface area contributed by atoms with Gasteiger partial charge in [0.25, 0.3) is 0 Å². The highest BCUT2D eigenvalue weighted by molar-refractivity contribution is 5.81. The molecular weight excluding hydrogens is 282 g/mol. The molecule has 1 aromatic heterocycles. The van der Waals surface area contributed by atoms with Gasteiger partial charge in [-0.25, -0.2) is 0 Å². The van der Waals surface area contributed by atoms with Crippen molar-refractivity contribution in [3.63, 3.8) is 0 Å². The number of pyridine rings is 1. The topological polar surface area (TPSA) is 73.7 Å². The minimum Gasteiger partial charge on any atom is -0.481 e. The fraction of sp³-hybridized carbons (Fsp3) is 0.562. The zero-order valence-electron chi connectivity index (χ0n) is 12.5. The predicted octanol–water partition coefficient (Wildman–Crippen LogP) is 1.23. The molecule has 1 saturated carbocycles. The lowest BCUT2D eigenvalue weighted by atomic mass is 10.0. The van der Waals surface area contributed by atoms with Crippen LogP contribution in [-0.4, -0.2) is 53.0 Å². The zero-order chi connectivity index (χ0) is 15.5. The molecule has 1 amide bonds. The number of carboxylic acid groups (broad SMARTS) is 1. The van der Waals surface area contributed by atoms with Crippen molar-refractivity contribution >= 4 is 17.6 Å². The Morgan fingerprint density at radius 2 is 1.86 bits per heavy atom. The molecule has 1 aliphatic heterocycles. The zero-order valence-corrected chi connectivity index (χ0v) is 12.5. The van der Waals surface area contributed by atoms with Gasteiger partial charge in [-0.15, -0.1) is 0 Å². The summed E-state index contributed by atoms with van der Waals surface area (Å²) in [5.41, 5.74) is 1.08. The molecule has 2 fully saturated rings. The van der Waals surface area contributed by atoms with Crippen molar-refractivity contribution in [3.05, 3.63) is 24.5 Å². The average Bonchev–Trinajstić information content (AvgIpc) is 3.05. The van der Waals surface area contributed by atoms with E-state index in [0.29, 0.717) is 32.4 Å². The molecule has 6 heteroatoms. The molecule has 2 heterocycles. The number of carboxylic acids is 1. The molecule has 22 heavy (non-hydrogen) atoms. The highest BCUT2D eigenvalue weighted by Crippen LogP contribution is 2.32. The predicted molar refractivity (Wildman–Crippen MR) is 81.5 cm³/mol. The lowest BCUT2D eigenvalue weighted by Gasteiger charge is -2.37. The van der Waals surface area contributed by atoms with Gasteiger partial charge in [-0.3, -0.25) is 14.6 Å². The van der Waals surface area contributed by atoms with Gasteiger partial charge in [0.2, 0.25) is 5.91 Å². The fourth-order valence-corrected chi connectivity index (χ4v) is 3.41. The van der Waals surface area contributed by atoms with Crippen molar-refractivity contribution in [3.8, 4) is 0 Å². The molecule has 2 aliphatic rings. The van der Waals surface area contributed by atoms with Crippen molar-refractivity contribution in [2.24, 2.45) is 11.8 Å². The fourth-order valence-electron chi connectivity index (χ4n) is 3.41. The summed E-state index contributed by atoms with van der Waals surface area (Å²) in [5, 5.41) is 9.05. The minimum atomic E-state index is -0.767. The van der Waals surface area contributed by atoms with Crippen LogP contribution in [0, 0.1) is 11.8 Å². The summed E-state index contributed by atoms with van der Waals surface area (Å²) < 4.78 is 0. The lowest BCUT2D eigenvalue weighted by molar-refractivity contribution is -0.141. The van der Waals surface area contributed by atoms with Crippen molar-refractivity contribution in [1.29, 1.82) is 0 Å². The van der Waals surface area contributed by atoms with Crippen molar-refractivity contribution in [1.82, 2.24) is 9.88 Å². The molecule has 0 bridgehead atoms. The van der Waals surface area contributed by atoms with Crippen LogP contribution < -0.4 is 4.90 Å². The molecule has 3 rings (SSSR count). The van der Waals surface area contributed by atoms with E-state index in [2.05, 4.69) is 9.88 Å². The van der Waals surface area contributed by atoms with Crippen LogP contribution in [-0.2, 0) is 9.59 Å². The van der Waals surface area contributed by atoms with Gasteiger partial charge in [-0.05, 0) is 31.4 Å². The van der Waals surface area contributed by atoms with Gasteiger partial charge in [0.15, 0.2) is 0 Å². The molecule has 0 aromatic carbocycles. The van der Waals surface area contributed by atoms with Crippen LogP contribution in [0.5, 0.6) is 0 Å². The van der Waals surface area contributed by atoms with Crippen molar-refractivity contribution in [2.75, 3.05) is 31.1 Å². The number of nitrogens with zero attached hydrogens (tertiary/aromatic N) is 3. The molecule has 2 atom stereocenters. The van der Waals surface area contributed by atoms with E-state index < -0.39 is 5.97 Å². The number of hydrogen-bond donors (Lipinski definition) is 1. The van der Waals surface area contributed by atoms with Gasteiger partial charge in [0, 0.05) is 38.3 Å². The van der Waals surface area contributed by atoms with Gasteiger partial charge in [-0.2, -0.15) is 0 Å². The molecule has 6 nitrogen and oxygen atoms in total. The van der Waals surface area contributed by atoms with E-state index in [1.165, 1.54) is 0 Å². The van der Waals surface area contributed by atoms with E-state index in [1.807, 2.05) is 23.2 Å². The quantitative estimate of drug-likeness (QED) is 0.909. The summed E-state index contributed by atoms with van der Waals surface area (Å²) in [6.07, 6.45) is 5.42. The summed E-state index contributed by atoms with van der Waals surface area (Å²) in [5.74, 6) is -1.08. The van der Waals surface area contributed by atoms with Crippen LogP contribution in [0.1, 0.15) is 19.3 Å². The maximum atomic E-state index is 12.5. The van der Waals surface area contributed by atoms with Gasteiger partial charge in [-0.1, -0.05) is 0 Å². The van der Waals surface area contributed by atoms with E-state index in [-0.39, 0.29) is 17.7 Å². The second-order valence-electron chi connectivity index (χ2n) is 6.07. The molecule has 0 radical (unpaired) electrons. The molecular formula is C16H21N3O3. The Morgan fingerprint density at radius 1 is 1.14 bits per heavy atom. The third kappa shape index (κ3) is 3.05. The van der Waals surface area contributed by atoms with Crippen LogP contribution >= 0.6 is 0 Å². The van der Waals surface area contributed by atoms with Crippen molar-refractivity contribution < 1.29 is 14.7 Å². The first-order valence-corrected chi connectivity index (χ1v) is 7.81. The Hall–Kier alpha value is -2.11. The molecule has 1 N–H and O–H groups in total. The SMILES string of the molecule is O=C(O)C1CCC(C(=O)N2CCN(c3cccnc3)CC2)C1. The number of amides is 1. The normalized spacial score (nSPS) is 25.3. The second kappa shape index (κ2) is 6.34. The van der Waals surface area contributed by atoms with Crippen LogP contribution in [0.25, 0.3) is 0 Å². The van der Waals surface area contributed by atoms with E-state index in [4.69, 9.17) is 5.11 Å². The van der Waals surface area contributed by atoms with Crippen LogP contribution in [0.2, 0.25) is 0 Å². The Labute approximate surface area is 129 Å². The number of hydrogen-bond acceptors (Lipinski definition) is 4. The number of rotatable bonds is 3. The summed E-state index contributed by atoms with van der Waals surface area (Å²) in [4.78, 5) is 31.8. The first-order chi connectivity index (χ1) is 10.6. The number of aromatic nitrogens is 1. The Balaban J connectivity index is 1.53. The molecule has 1 saturated heterocycles. The van der Waals surface area contributed by atoms with Crippen LogP contribution in [0.4, 0.5) is 5.69 Å². The minimum absolute atomic E-state index is 0.106. The second-order valence-corrected chi connectivity index (χ2v) is 6.07. The van der Waals surface area contributed by atoms with Gasteiger partial charge < -0.3 is 14.9 Å². The molecule has 0 spiro atoms. The third-order valence-electron chi connectivity index (χ3n) is 4.73. The maximum absolute atomic E-state index is 12.5. The first-order valence-electron chi connectivity index (χ1n) is 7.81. The molecule has 1 aromatic rings. The standard InChI is InChI=1S/C16H21N3O3/c20-15(12-3-4-13(10-12)16(21)22)19-8-6-18(7-9-19)14-2-1-5-17-11-14/h1-2,5,11-13H,3-4,6-10H2,(H,21,22). The number of carbonyl (C=O) groups is 2. The van der Waals surface area contributed by atoms with Gasteiger partial charge in [0.05, 0.1) is 17.8 Å². The van der Waals surface area contributed by atoms with E-state index in [0.717, 1.165) is 18.8 Å². The van der Waals surface area contributed by atoms with Crippen LogP contribution in [0.3, 0.4) is 0 Å². The van der Waals surface area contributed by atoms with E-state index in [9.17, 15) is 9.59 Å². The third-order valence-corrected chi connectivity index (χ3v) is 4.73. The first kappa shape index (κ1) is 14.8. The largest absolute Gasteiger partial charge is 0.481 e. The highest BCUT2D eigenvalue weighted by Gasteiger charge is 2.36. The Kier molecular flexibility index (Phi) is 4.27. The highest BCUT2D eigenvalue weighted by atomic mass is 16.4. The Bertz CT molecular complexity index is 541. The lowest BCUT2D eigenvalue weighted by Crippen LogP contribution is -2.50. The molecule has 1 aliphatic carbocycles. The monoisotopic (exact) mass is 303 g/mol. The number of anilines is 1. The molecule has 118 valence electrons. The average molecular weight is 303 g/mol. The Morgan fingerprint density at radius 3 is 2.45 bits per heavy atom. The summed E-state index contributed by atoms with van der Waals surface area (Å²) >= 11 is 0. The van der Waals surface area contributed by atoms with Gasteiger partial charge >= 0.3 is 5.97 Å². The van der Waals surface area contributed by atoms with Gasteiger partial charge in [0.1, 0.15) is 0 Å². The van der Waals surface area contributed by atoms with E-state index >= 15 is 0 Å². The van der Waals surface area contributed by atoms with Crippen molar-refractivity contribution in [2.45, 2.75) is 19.3 Å². The molecule has 2 unspecified atom stereocenters. The number of carbonyl (C=O) groups excluding carboxylic acids is 1. The summed E-state index contributed by atoms with van der Waals surface area (Å²) in [6.45, 7) is 2.99. The van der Waals surface area contributed by atoms with Crippen LogP contribution in [0.15, 0.2) is 24.5 Å². The smallest absolute Gasteiger partial charge is 0.306 e. The number of piperazine rings is 1. The van der Waals surface area contributed by atoms with E-state index in [1.54, 1.807) is 6.20 Å². The summed E-state index contributed by atoms with van der Waals surface area (Å²) in [7, 11) is 0. The summed E-state index contributed by atoms with van der Waals surface area (Å²) in [6, 6.07) is 3.94. The number of aliphatic carboxylic acids is 1. The maximum Gasteiger partial charge on any atom is 0.306 e.